The Morgan fingerprint density at radius 3 is 2.53 bits per heavy atom. The van der Waals surface area contributed by atoms with E-state index in [1.54, 1.807) is 60.0 Å². The molecule has 0 bridgehead atoms. The van der Waals surface area contributed by atoms with Gasteiger partial charge in [-0.2, -0.15) is 0 Å². The molecule has 1 aliphatic rings. The zero-order valence-corrected chi connectivity index (χ0v) is 18.9. The van der Waals surface area contributed by atoms with Crippen LogP contribution in [0.4, 0.5) is 5.69 Å². The third kappa shape index (κ3) is 3.82. The molecule has 2 atom stereocenters. The van der Waals surface area contributed by atoms with Gasteiger partial charge < -0.3 is 15.3 Å². The van der Waals surface area contributed by atoms with Gasteiger partial charge in [-0.25, -0.2) is 4.79 Å². The highest BCUT2D eigenvalue weighted by molar-refractivity contribution is 14.1. The predicted octanol–water partition coefficient (Wildman–Crippen LogP) is 4.97. The van der Waals surface area contributed by atoms with E-state index in [0.29, 0.717) is 21.2 Å². The van der Waals surface area contributed by atoms with Crippen LogP contribution in [0.3, 0.4) is 0 Å². The van der Waals surface area contributed by atoms with E-state index in [1.165, 1.54) is 11.3 Å². The molecule has 2 heterocycles. The SMILES string of the molecule is O=C1Nc2ccc(I)cc2C(=O)N(C(C(=O)O)c2cccs2)C1c1ccc(Cl)cc1. The lowest BCUT2D eigenvalue weighted by atomic mass is 10.0. The molecule has 1 aromatic heterocycles. The molecule has 2 N–H and O–H groups in total. The van der Waals surface area contributed by atoms with Gasteiger partial charge in [-0.1, -0.05) is 29.8 Å². The Balaban J connectivity index is 1.95. The molecule has 9 heteroatoms. The third-order valence-electron chi connectivity index (χ3n) is 4.74. The van der Waals surface area contributed by atoms with E-state index >= 15 is 0 Å². The second-order valence-corrected chi connectivity index (χ2v) is 9.26. The number of anilines is 1. The van der Waals surface area contributed by atoms with Gasteiger partial charge in [-0.3, -0.25) is 9.59 Å². The van der Waals surface area contributed by atoms with Crippen LogP contribution in [-0.2, 0) is 9.59 Å². The molecule has 2 unspecified atom stereocenters. The number of thiophene rings is 1. The lowest BCUT2D eigenvalue weighted by Crippen LogP contribution is -2.44. The molecular formula is C21H14ClIN2O4S. The van der Waals surface area contributed by atoms with Gasteiger partial charge in [0.2, 0.25) is 0 Å². The molecule has 4 rings (SSSR count). The Morgan fingerprint density at radius 2 is 1.90 bits per heavy atom. The standard InChI is InChI=1S/C21H14ClIN2O4S/c22-12-5-3-11(4-6-12)17-19(26)24-15-8-7-13(23)10-14(15)20(27)25(17)18(21(28)29)16-2-1-9-30-16/h1-10,17-18H,(H,24,26)(H,28,29). The van der Waals surface area contributed by atoms with Crippen molar-refractivity contribution in [2.24, 2.45) is 0 Å². The number of carbonyl (C=O) groups is 3. The number of carbonyl (C=O) groups excluding carboxylic acids is 2. The summed E-state index contributed by atoms with van der Waals surface area (Å²) in [4.78, 5) is 40.9. The number of benzene rings is 2. The molecule has 1 aliphatic heterocycles. The summed E-state index contributed by atoms with van der Waals surface area (Å²) in [6.45, 7) is 0. The van der Waals surface area contributed by atoms with Gasteiger partial charge in [0.05, 0.1) is 11.3 Å². The molecular weight excluding hydrogens is 539 g/mol. The highest BCUT2D eigenvalue weighted by Gasteiger charge is 2.44. The van der Waals surface area contributed by atoms with Crippen LogP contribution in [0.5, 0.6) is 0 Å². The van der Waals surface area contributed by atoms with Crippen LogP contribution in [-0.4, -0.2) is 27.8 Å². The molecule has 2 aromatic carbocycles. The summed E-state index contributed by atoms with van der Waals surface area (Å²) >= 11 is 9.28. The summed E-state index contributed by atoms with van der Waals surface area (Å²) in [7, 11) is 0. The van der Waals surface area contributed by atoms with Gasteiger partial charge in [0, 0.05) is 13.5 Å². The maximum atomic E-state index is 13.7. The molecule has 0 saturated heterocycles. The van der Waals surface area contributed by atoms with Gasteiger partial charge in [0.25, 0.3) is 11.8 Å². The van der Waals surface area contributed by atoms with Gasteiger partial charge in [-0.05, 0) is 69.9 Å². The number of aliphatic carboxylic acids is 1. The first-order valence-corrected chi connectivity index (χ1v) is 11.1. The maximum Gasteiger partial charge on any atom is 0.332 e. The minimum Gasteiger partial charge on any atom is -0.479 e. The number of amides is 2. The highest BCUT2D eigenvalue weighted by Crippen LogP contribution is 2.39. The maximum absolute atomic E-state index is 13.7. The molecule has 152 valence electrons. The van der Waals surface area contributed by atoms with Crippen LogP contribution >= 0.6 is 45.5 Å². The van der Waals surface area contributed by atoms with Crippen LogP contribution in [0.15, 0.2) is 60.0 Å². The first kappa shape index (κ1) is 20.8. The largest absolute Gasteiger partial charge is 0.479 e. The number of rotatable bonds is 4. The molecule has 6 nitrogen and oxygen atoms in total. The number of carboxylic acids is 1. The molecule has 30 heavy (non-hydrogen) atoms. The average Bonchev–Trinajstić information content (AvgIpc) is 3.20. The summed E-state index contributed by atoms with van der Waals surface area (Å²) in [5.74, 6) is -2.25. The first-order valence-electron chi connectivity index (χ1n) is 8.81. The summed E-state index contributed by atoms with van der Waals surface area (Å²) in [6, 6.07) is 12.4. The Labute approximate surface area is 194 Å². The van der Waals surface area contributed by atoms with Crippen molar-refractivity contribution >= 4 is 69.0 Å². The minimum atomic E-state index is -1.33. The summed E-state index contributed by atoms with van der Waals surface area (Å²) in [5.41, 5.74) is 1.06. The normalized spacial score (nSPS) is 17.1. The van der Waals surface area contributed by atoms with Crippen LogP contribution in [0.2, 0.25) is 5.02 Å². The average molecular weight is 553 g/mol. The second kappa shape index (κ2) is 8.37. The molecule has 2 amide bonds. The van der Waals surface area contributed by atoms with Crippen molar-refractivity contribution in [2.45, 2.75) is 12.1 Å². The number of nitrogens with one attached hydrogen (secondary N) is 1. The fourth-order valence-electron chi connectivity index (χ4n) is 3.43. The van der Waals surface area contributed by atoms with Gasteiger partial charge >= 0.3 is 5.97 Å². The van der Waals surface area contributed by atoms with E-state index in [4.69, 9.17) is 11.6 Å². The predicted molar refractivity (Wildman–Crippen MR) is 123 cm³/mol. The van der Waals surface area contributed by atoms with Crippen molar-refractivity contribution in [1.29, 1.82) is 0 Å². The van der Waals surface area contributed by atoms with Crippen LogP contribution in [0.25, 0.3) is 0 Å². The van der Waals surface area contributed by atoms with Gasteiger partial charge in [0.1, 0.15) is 6.04 Å². The lowest BCUT2D eigenvalue weighted by molar-refractivity contribution is -0.144. The number of halogens is 2. The van der Waals surface area contributed by atoms with Crippen molar-refractivity contribution in [3.05, 3.63) is 84.6 Å². The minimum absolute atomic E-state index is 0.245. The van der Waals surface area contributed by atoms with Crippen molar-refractivity contribution in [2.75, 3.05) is 5.32 Å². The van der Waals surface area contributed by atoms with E-state index in [9.17, 15) is 19.5 Å². The molecule has 0 radical (unpaired) electrons. The Bertz CT molecular complexity index is 1130. The molecule has 0 saturated carbocycles. The molecule has 0 aliphatic carbocycles. The number of hydrogen-bond acceptors (Lipinski definition) is 4. The molecule has 3 aromatic rings. The lowest BCUT2D eigenvalue weighted by Gasteiger charge is -2.33. The summed E-state index contributed by atoms with van der Waals surface area (Å²) < 4.78 is 0.793. The first-order chi connectivity index (χ1) is 14.4. The van der Waals surface area contributed by atoms with Crippen LogP contribution in [0.1, 0.15) is 32.9 Å². The van der Waals surface area contributed by atoms with Crippen molar-refractivity contribution < 1.29 is 19.5 Å². The van der Waals surface area contributed by atoms with E-state index in [2.05, 4.69) is 27.9 Å². The fourth-order valence-corrected chi connectivity index (χ4v) is 4.87. The number of nitrogens with zero attached hydrogens (tertiary/aromatic N) is 1. The number of fused-ring (bicyclic) bond motifs is 1. The smallest absolute Gasteiger partial charge is 0.332 e. The summed E-state index contributed by atoms with van der Waals surface area (Å²) in [6.07, 6.45) is 0. The second-order valence-electron chi connectivity index (χ2n) is 6.60. The quantitative estimate of drug-likeness (QED) is 0.448. The highest BCUT2D eigenvalue weighted by atomic mass is 127. The monoisotopic (exact) mass is 552 g/mol. The Morgan fingerprint density at radius 1 is 1.17 bits per heavy atom. The Kier molecular flexibility index (Phi) is 5.81. The van der Waals surface area contributed by atoms with E-state index in [1.807, 2.05) is 0 Å². The van der Waals surface area contributed by atoms with E-state index in [-0.39, 0.29) is 5.56 Å². The van der Waals surface area contributed by atoms with Crippen LogP contribution in [0, 0.1) is 3.57 Å². The topological polar surface area (TPSA) is 86.7 Å². The Hall–Kier alpha value is -2.43. The van der Waals surface area contributed by atoms with Crippen molar-refractivity contribution in [3.8, 4) is 0 Å². The van der Waals surface area contributed by atoms with Gasteiger partial charge in [0.15, 0.2) is 6.04 Å². The van der Waals surface area contributed by atoms with Crippen LogP contribution < -0.4 is 5.32 Å². The van der Waals surface area contributed by atoms with Crippen molar-refractivity contribution in [3.63, 3.8) is 0 Å². The third-order valence-corrected chi connectivity index (χ3v) is 6.59. The van der Waals surface area contributed by atoms with Gasteiger partial charge in [-0.15, -0.1) is 11.3 Å². The number of hydrogen-bond donors (Lipinski definition) is 2. The zero-order chi connectivity index (χ0) is 21.4. The zero-order valence-electron chi connectivity index (χ0n) is 15.2. The summed E-state index contributed by atoms with van der Waals surface area (Å²) in [5, 5.41) is 15.1. The van der Waals surface area contributed by atoms with Crippen molar-refractivity contribution in [1.82, 2.24) is 4.90 Å². The van der Waals surface area contributed by atoms with E-state index in [0.717, 1.165) is 8.47 Å². The molecule has 0 spiro atoms. The van der Waals surface area contributed by atoms with E-state index < -0.39 is 29.9 Å². The molecule has 0 fully saturated rings. The fraction of sp³-hybridized carbons (Fsp3) is 0.0952. The number of carboxylic acid groups (broad SMARTS) is 1.